The van der Waals surface area contributed by atoms with Crippen molar-refractivity contribution < 1.29 is 14.3 Å². The molecule has 0 heterocycles. The summed E-state index contributed by atoms with van der Waals surface area (Å²) >= 11 is 5.28. The fourth-order valence-corrected chi connectivity index (χ4v) is 2.47. The van der Waals surface area contributed by atoms with Gasteiger partial charge in [0.1, 0.15) is 0 Å². The Kier molecular flexibility index (Phi) is 7.17. The topological polar surface area (TPSA) is 50.8 Å². The molecular formula is C20H22N2O3S. The van der Waals surface area contributed by atoms with Gasteiger partial charge in [-0.2, -0.15) is 0 Å². The Labute approximate surface area is 159 Å². The minimum Gasteiger partial charge on any atom is -0.493 e. The SMILES string of the molecule is COc1ccc(C=CC(=O)NC(=S)N(C)Cc2ccccc2)cc1OC. The first-order valence-corrected chi connectivity index (χ1v) is 8.44. The van der Waals surface area contributed by atoms with E-state index in [1.54, 1.807) is 32.4 Å². The molecule has 0 spiro atoms. The van der Waals surface area contributed by atoms with E-state index in [0.717, 1.165) is 11.1 Å². The molecule has 0 unspecified atom stereocenters. The highest BCUT2D eigenvalue weighted by Crippen LogP contribution is 2.27. The summed E-state index contributed by atoms with van der Waals surface area (Å²) in [4.78, 5) is 13.9. The van der Waals surface area contributed by atoms with Gasteiger partial charge in [0, 0.05) is 19.7 Å². The summed E-state index contributed by atoms with van der Waals surface area (Å²) in [6, 6.07) is 15.3. The van der Waals surface area contributed by atoms with Gasteiger partial charge in [-0.3, -0.25) is 10.1 Å². The number of hydrogen-bond donors (Lipinski definition) is 1. The van der Waals surface area contributed by atoms with Gasteiger partial charge >= 0.3 is 0 Å². The predicted molar refractivity (Wildman–Crippen MR) is 107 cm³/mol. The van der Waals surface area contributed by atoms with Crippen LogP contribution in [0.3, 0.4) is 0 Å². The number of rotatable bonds is 6. The molecule has 5 nitrogen and oxygen atoms in total. The van der Waals surface area contributed by atoms with Crippen LogP contribution >= 0.6 is 12.2 Å². The molecule has 0 atom stereocenters. The van der Waals surface area contributed by atoms with Crippen LogP contribution in [0.5, 0.6) is 11.5 Å². The Morgan fingerprint density at radius 3 is 2.46 bits per heavy atom. The van der Waals surface area contributed by atoms with Gasteiger partial charge in [-0.05, 0) is 41.6 Å². The van der Waals surface area contributed by atoms with E-state index in [4.69, 9.17) is 21.7 Å². The summed E-state index contributed by atoms with van der Waals surface area (Å²) in [6.07, 6.45) is 3.13. The number of methoxy groups -OCH3 is 2. The Balaban J connectivity index is 1.93. The van der Waals surface area contributed by atoms with Crippen molar-refractivity contribution in [3.63, 3.8) is 0 Å². The van der Waals surface area contributed by atoms with Crippen LogP contribution < -0.4 is 14.8 Å². The molecule has 0 fully saturated rings. The molecule has 1 amide bonds. The van der Waals surface area contributed by atoms with E-state index in [2.05, 4.69) is 5.32 Å². The maximum absolute atomic E-state index is 12.1. The second kappa shape index (κ2) is 9.58. The smallest absolute Gasteiger partial charge is 0.250 e. The Morgan fingerprint density at radius 2 is 1.81 bits per heavy atom. The molecule has 136 valence electrons. The van der Waals surface area contributed by atoms with Crippen LogP contribution in [0.1, 0.15) is 11.1 Å². The van der Waals surface area contributed by atoms with Crippen LogP contribution in [0.2, 0.25) is 0 Å². The van der Waals surface area contributed by atoms with Crippen molar-refractivity contribution in [1.29, 1.82) is 0 Å². The normalized spacial score (nSPS) is 10.4. The van der Waals surface area contributed by atoms with Gasteiger partial charge < -0.3 is 14.4 Å². The van der Waals surface area contributed by atoms with Crippen LogP contribution in [0.15, 0.2) is 54.6 Å². The Morgan fingerprint density at radius 1 is 1.12 bits per heavy atom. The molecule has 0 aliphatic carbocycles. The number of amides is 1. The third kappa shape index (κ3) is 5.60. The molecular weight excluding hydrogens is 348 g/mol. The van der Waals surface area contributed by atoms with Gasteiger partial charge in [0.05, 0.1) is 14.2 Å². The molecule has 0 aliphatic rings. The Hall–Kier alpha value is -2.86. The zero-order chi connectivity index (χ0) is 18.9. The van der Waals surface area contributed by atoms with Crippen molar-refractivity contribution >= 4 is 29.3 Å². The summed E-state index contributed by atoms with van der Waals surface area (Å²) in [5.74, 6) is 0.954. The first kappa shape index (κ1) is 19.5. The maximum Gasteiger partial charge on any atom is 0.250 e. The Bertz CT molecular complexity index is 791. The van der Waals surface area contributed by atoms with Gasteiger partial charge in [-0.15, -0.1) is 0 Å². The van der Waals surface area contributed by atoms with Crippen molar-refractivity contribution in [1.82, 2.24) is 10.2 Å². The molecule has 26 heavy (non-hydrogen) atoms. The van der Waals surface area contributed by atoms with Gasteiger partial charge in [-0.25, -0.2) is 0 Å². The standard InChI is InChI=1S/C20H22N2O3S/c1-22(14-16-7-5-4-6-8-16)20(26)21-19(23)12-10-15-9-11-17(24-2)18(13-15)25-3/h4-13H,14H2,1-3H3,(H,21,23,26). The van der Waals surface area contributed by atoms with E-state index in [1.807, 2.05) is 48.3 Å². The van der Waals surface area contributed by atoms with E-state index >= 15 is 0 Å². The van der Waals surface area contributed by atoms with Gasteiger partial charge in [-0.1, -0.05) is 36.4 Å². The lowest BCUT2D eigenvalue weighted by atomic mass is 10.2. The van der Waals surface area contributed by atoms with Crippen LogP contribution in [0, 0.1) is 0 Å². The monoisotopic (exact) mass is 370 g/mol. The van der Waals surface area contributed by atoms with E-state index in [-0.39, 0.29) is 5.91 Å². The first-order chi connectivity index (χ1) is 12.5. The third-order valence-electron chi connectivity index (χ3n) is 3.67. The second-order valence-electron chi connectivity index (χ2n) is 5.58. The number of carbonyl (C=O) groups is 1. The summed E-state index contributed by atoms with van der Waals surface area (Å²) in [6.45, 7) is 0.624. The first-order valence-electron chi connectivity index (χ1n) is 8.03. The number of thiocarbonyl (C=S) groups is 1. The zero-order valence-corrected chi connectivity index (χ0v) is 15.9. The second-order valence-corrected chi connectivity index (χ2v) is 5.97. The average molecular weight is 370 g/mol. The molecule has 0 saturated carbocycles. The van der Waals surface area contributed by atoms with Crippen LogP contribution in [0.25, 0.3) is 6.08 Å². The lowest BCUT2D eigenvalue weighted by molar-refractivity contribution is -0.115. The number of carbonyl (C=O) groups excluding carboxylic acids is 1. The third-order valence-corrected chi connectivity index (χ3v) is 4.09. The van der Waals surface area contributed by atoms with Crippen LogP contribution in [-0.4, -0.2) is 37.2 Å². The highest BCUT2D eigenvalue weighted by Gasteiger charge is 2.08. The molecule has 6 heteroatoms. The molecule has 1 N–H and O–H groups in total. The number of benzene rings is 2. The molecule has 0 aromatic heterocycles. The summed E-state index contributed by atoms with van der Waals surface area (Å²) in [5, 5.41) is 3.07. The van der Waals surface area contributed by atoms with E-state index in [9.17, 15) is 4.79 Å². The molecule has 2 aromatic rings. The fraction of sp³-hybridized carbons (Fsp3) is 0.200. The minimum absolute atomic E-state index is 0.287. The van der Waals surface area contributed by atoms with Gasteiger partial charge in [0.25, 0.3) is 0 Å². The maximum atomic E-state index is 12.1. The highest BCUT2D eigenvalue weighted by atomic mass is 32.1. The summed E-state index contributed by atoms with van der Waals surface area (Å²) in [7, 11) is 4.99. The molecule has 2 aromatic carbocycles. The van der Waals surface area contributed by atoms with Crippen molar-refractivity contribution in [2.75, 3.05) is 21.3 Å². The van der Waals surface area contributed by atoms with Crippen LogP contribution in [-0.2, 0) is 11.3 Å². The lowest BCUT2D eigenvalue weighted by Gasteiger charge is -2.19. The van der Waals surface area contributed by atoms with Gasteiger partial charge in [0.2, 0.25) is 5.91 Å². The van der Waals surface area contributed by atoms with Crippen molar-refractivity contribution in [3.05, 3.63) is 65.7 Å². The fourth-order valence-electron chi connectivity index (χ4n) is 2.30. The number of ether oxygens (including phenoxy) is 2. The summed E-state index contributed by atoms with van der Waals surface area (Å²) < 4.78 is 10.4. The molecule has 0 bridgehead atoms. The average Bonchev–Trinajstić information content (AvgIpc) is 2.66. The molecule has 0 saturated heterocycles. The largest absolute Gasteiger partial charge is 0.493 e. The van der Waals surface area contributed by atoms with Crippen molar-refractivity contribution in [3.8, 4) is 11.5 Å². The lowest BCUT2D eigenvalue weighted by Crippen LogP contribution is -2.39. The molecule has 2 rings (SSSR count). The predicted octanol–water partition coefficient (Wildman–Crippen LogP) is 3.25. The van der Waals surface area contributed by atoms with E-state index in [1.165, 1.54) is 6.08 Å². The summed E-state index contributed by atoms with van der Waals surface area (Å²) in [5.41, 5.74) is 1.94. The molecule has 0 radical (unpaired) electrons. The van der Waals surface area contributed by atoms with Crippen LogP contribution in [0.4, 0.5) is 0 Å². The quantitative estimate of drug-likeness (QED) is 0.625. The van der Waals surface area contributed by atoms with Crippen molar-refractivity contribution in [2.24, 2.45) is 0 Å². The van der Waals surface area contributed by atoms with E-state index in [0.29, 0.717) is 23.2 Å². The van der Waals surface area contributed by atoms with Gasteiger partial charge in [0.15, 0.2) is 16.6 Å². The minimum atomic E-state index is -0.287. The van der Waals surface area contributed by atoms with Crippen molar-refractivity contribution in [2.45, 2.75) is 6.54 Å². The highest BCUT2D eigenvalue weighted by molar-refractivity contribution is 7.80. The van der Waals surface area contributed by atoms with E-state index < -0.39 is 0 Å². The number of nitrogens with zero attached hydrogens (tertiary/aromatic N) is 1. The number of nitrogens with one attached hydrogen (secondary N) is 1. The zero-order valence-electron chi connectivity index (χ0n) is 15.1. The number of hydrogen-bond acceptors (Lipinski definition) is 4. The molecule has 0 aliphatic heterocycles.